The first-order valence-electron chi connectivity index (χ1n) is 9.44. The Morgan fingerprint density at radius 2 is 1.77 bits per heavy atom. The van der Waals surface area contributed by atoms with Gasteiger partial charge in [0.15, 0.2) is 11.6 Å². The second kappa shape index (κ2) is 11.4. The SMILES string of the molecule is COC(=O)c1sc(NC(=O)CCN(C)CCOc2ccccc2F)c(C(=O)OC)c1C. The number of halogens is 1. The average Bonchev–Trinajstić information content (AvgIpc) is 3.08. The first kappa shape index (κ1) is 24.3. The van der Waals surface area contributed by atoms with Gasteiger partial charge < -0.3 is 24.4 Å². The number of benzene rings is 1. The van der Waals surface area contributed by atoms with Crippen LogP contribution in [0.5, 0.6) is 5.75 Å². The van der Waals surface area contributed by atoms with Crippen LogP contribution < -0.4 is 10.1 Å². The van der Waals surface area contributed by atoms with Gasteiger partial charge >= 0.3 is 11.9 Å². The number of amides is 1. The summed E-state index contributed by atoms with van der Waals surface area (Å²) in [5.41, 5.74) is 0.523. The first-order chi connectivity index (χ1) is 14.8. The number of carbonyl (C=O) groups is 3. The van der Waals surface area contributed by atoms with E-state index in [0.717, 1.165) is 11.3 Å². The van der Waals surface area contributed by atoms with Gasteiger partial charge in [-0.3, -0.25) is 4.79 Å². The molecule has 0 fully saturated rings. The molecule has 0 spiro atoms. The van der Waals surface area contributed by atoms with E-state index in [2.05, 4.69) is 5.32 Å². The van der Waals surface area contributed by atoms with E-state index >= 15 is 0 Å². The van der Waals surface area contributed by atoms with Crippen molar-refractivity contribution in [1.82, 2.24) is 4.90 Å². The molecular weight excluding hydrogens is 427 g/mol. The Bertz CT molecular complexity index is 946. The molecule has 0 bridgehead atoms. The summed E-state index contributed by atoms with van der Waals surface area (Å²) in [5, 5.41) is 2.91. The molecule has 168 valence electrons. The van der Waals surface area contributed by atoms with E-state index in [4.69, 9.17) is 14.2 Å². The number of hydrogen-bond acceptors (Lipinski definition) is 8. The molecule has 1 aromatic carbocycles. The standard InChI is InChI=1S/C21H25FN2O6S/c1-13-17(20(26)28-3)19(31-18(13)21(27)29-4)23-16(25)9-10-24(2)11-12-30-15-8-6-5-7-14(15)22/h5-8H,9-12H2,1-4H3,(H,23,25). The maximum atomic E-state index is 13.5. The van der Waals surface area contributed by atoms with Gasteiger partial charge in [0.25, 0.3) is 0 Å². The zero-order chi connectivity index (χ0) is 23.0. The van der Waals surface area contributed by atoms with Crippen molar-refractivity contribution in [3.8, 4) is 5.75 Å². The van der Waals surface area contributed by atoms with Crippen LogP contribution in [0.4, 0.5) is 9.39 Å². The summed E-state index contributed by atoms with van der Waals surface area (Å²) in [4.78, 5) is 38.5. The van der Waals surface area contributed by atoms with E-state index in [-0.39, 0.29) is 40.1 Å². The maximum absolute atomic E-state index is 13.5. The van der Waals surface area contributed by atoms with Crippen molar-refractivity contribution in [2.75, 3.05) is 46.3 Å². The van der Waals surface area contributed by atoms with Gasteiger partial charge in [-0.15, -0.1) is 11.3 Å². The lowest BCUT2D eigenvalue weighted by Crippen LogP contribution is -2.28. The van der Waals surface area contributed by atoms with Crippen molar-refractivity contribution in [2.24, 2.45) is 0 Å². The second-order valence-electron chi connectivity index (χ2n) is 6.62. The van der Waals surface area contributed by atoms with Crippen molar-refractivity contribution in [3.05, 3.63) is 46.1 Å². The number of esters is 2. The molecule has 1 heterocycles. The normalized spacial score (nSPS) is 10.6. The minimum atomic E-state index is -0.651. The van der Waals surface area contributed by atoms with Crippen LogP contribution in [-0.4, -0.2) is 63.7 Å². The quantitative estimate of drug-likeness (QED) is 0.554. The molecule has 0 aliphatic heterocycles. The summed E-state index contributed by atoms with van der Waals surface area (Å²) in [5.74, 6) is -1.82. The lowest BCUT2D eigenvalue weighted by molar-refractivity contribution is -0.116. The molecule has 1 N–H and O–H groups in total. The van der Waals surface area contributed by atoms with Gasteiger partial charge in [0.1, 0.15) is 16.5 Å². The lowest BCUT2D eigenvalue weighted by atomic mass is 10.1. The molecule has 0 radical (unpaired) electrons. The monoisotopic (exact) mass is 452 g/mol. The highest BCUT2D eigenvalue weighted by Gasteiger charge is 2.26. The van der Waals surface area contributed by atoms with Crippen LogP contribution >= 0.6 is 11.3 Å². The average molecular weight is 453 g/mol. The molecule has 8 nitrogen and oxygen atoms in total. The number of rotatable bonds is 10. The fraction of sp³-hybridized carbons (Fsp3) is 0.381. The number of thiophene rings is 1. The van der Waals surface area contributed by atoms with Crippen LogP contribution in [0.15, 0.2) is 24.3 Å². The molecular formula is C21H25FN2O6S. The maximum Gasteiger partial charge on any atom is 0.348 e. The zero-order valence-corrected chi connectivity index (χ0v) is 18.6. The number of likely N-dealkylation sites (N-methyl/N-ethyl adjacent to an activating group) is 1. The minimum absolute atomic E-state index is 0.132. The van der Waals surface area contributed by atoms with E-state index in [1.165, 1.54) is 20.3 Å². The first-order valence-corrected chi connectivity index (χ1v) is 10.3. The highest BCUT2D eigenvalue weighted by Crippen LogP contribution is 2.34. The predicted molar refractivity (Wildman–Crippen MR) is 114 cm³/mol. The van der Waals surface area contributed by atoms with Gasteiger partial charge in [-0.1, -0.05) is 12.1 Å². The van der Waals surface area contributed by atoms with Crippen molar-refractivity contribution < 1.29 is 33.0 Å². The number of nitrogens with one attached hydrogen (secondary N) is 1. The van der Waals surface area contributed by atoms with E-state index in [0.29, 0.717) is 18.7 Å². The van der Waals surface area contributed by atoms with Crippen molar-refractivity contribution in [3.63, 3.8) is 0 Å². The zero-order valence-electron chi connectivity index (χ0n) is 17.8. The Morgan fingerprint density at radius 3 is 2.42 bits per heavy atom. The van der Waals surface area contributed by atoms with E-state index < -0.39 is 17.8 Å². The number of anilines is 1. The molecule has 1 aromatic heterocycles. The van der Waals surface area contributed by atoms with E-state index in [9.17, 15) is 18.8 Å². The third-order valence-electron chi connectivity index (χ3n) is 4.45. The summed E-state index contributed by atoms with van der Waals surface area (Å²) >= 11 is 0.961. The molecule has 2 rings (SSSR count). The number of ether oxygens (including phenoxy) is 3. The fourth-order valence-corrected chi connectivity index (χ4v) is 3.83. The van der Waals surface area contributed by atoms with Crippen LogP contribution in [0, 0.1) is 12.7 Å². The highest BCUT2D eigenvalue weighted by molar-refractivity contribution is 7.18. The second-order valence-corrected chi connectivity index (χ2v) is 7.64. The summed E-state index contributed by atoms with van der Waals surface area (Å²) in [7, 11) is 4.27. The molecule has 1 amide bonds. The van der Waals surface area contributed by atoms with Gasteiger partial charge in [-0.25, -0.2) is 14.0 Å². The largest absolute Gasteiger partial charge is 0.489 e. The summed E-state index contributed by atoms with van der Waals surface area (Å²) < 4.78 is 28.4. The molecule has 0 atom stereocenters. The van der Waals surface area contributed by atoms with Gasteiger partial charge in [-0.2, -0.15) is 0 Å². The number of hydrogen-bond donors (Lipinski definition) is 1. The topological polar surface area (TPSA) is 94.2 Å². The van der Waals surface area contributed by atoms with Crippen LogP contribution in [0.1, 0.15) is 32.0 Å². The Morgan fingerprint density at radius 1 is 1.10 bits per heavy atom. The number of carbonyl (C=O) groups excluding carboxylic acids is 3. The molecule has 10 heteroatoms. The Balaban J connectivity index is 1.91. The summed E-state index contributed by atoms with van der Waals surface area (Å²) in [6.45, 7) is 2.75. The minimum Gasteiger partial charge on any atom is -0.489 e. The molecule has 0 saturated carbocycles. The number of nitrogens with zero attached hydrogens (tertiary/aromatic N) is 1. The van der Waals surface area contributed by atoms with Gasteiger partial charge in [0.05, 0.1) is 19.8 Å². The van der Waals surface area contributed by atoms with Crippen molar-refractivity contribution >= 4 is 34.2 Å². The number of methoxy groups -OCH3 is 2. The van der Waals surface area contributed by atoms with Crippen molar-refractivity contribution in [1.29, 1.82) is 0 Å². The van der Waals surface area contributed by atoms with Gasteiger partial charge in [0.2, 0.25) is 5.91 Å². The third kappa shape index (κ3) is 6.50. The number of para-hydroxylation sites is 1. The van der Waals surface area contributed by atoms with Crippen LogP contribution in [0.3, 0.4) is 0 Å². The lowest BCUT2D eigenvalue weighted by Gasteiger charge is -2.17. The predicted octanol–water partition coefficient (Wildman–Crippen LogP) is 3.11. The fourth-order valence-electron chi connectivity index (χ4n) is 2.70. The molecule has 0 aliphatic carbocycles. The molecule has 0 saturated heterocycles. The Hall–Kier alpha value is -2.98. The van der Waals surface area contributed by atoms with E-state index in [1.54, 1.807) is 25.1 Å². The van der Waals surface area contributed by atoms with E-state index in [1.807, 2.05) is 11.9 Å². The van der Waals surface area contributed by atoms with Crippen molar-refractivity contribution in [2.45, 2.75) is 13.3 Å². The Labute approximate surface area is 183 Å². The third-order valence-corrected chi connectivity index (χ3v) is 5.64. The van der Waals surface area contributed by atoms with Crippen LogP contribution in [0.2, 0.25) is 0 Å². The Kier molecular flexibility index (Phi) is 8.95. The van der Waals surface area contributed by atoms with Crippen LogP contribution in [-0.2, 0) is 14.3 Å². The summed E-state index contributed by atoms with van der Waals surface area (Å²) in [6.07, 6.45) is 0.140. The highest BCUT2D eigenvalue weighted by atomic mass is 32.1. The molecule has 0 aliphatic rings. The molecule has 0 unspecified atom stereocenters. The molecule has 31 heavy (non-hydrogen) atoms. The van der Waals surface area contributed by atoms with Gasteiger partial charge in [-0.05, 0) is 31.7 Å². The van der Waals surface area contributed by atoms with Crippen LogP contribution in [0.25, 0.3) is 0 Å². The summed E-state index contributed by atoms with van der Waals surface area (Å²) in [6, 6.07) is 6.14. The molecule has 2 aromatic rings. The smallest absolute Gasteiger partial charge is 0.348 e. The van der Waals surface area contributed by atoms with Gasteiger partial charge in [0, 0.05) is 19.5 Å².